The molecule has 0 saturated heterocycles. The summed E-state index contributed by atoms with van der Waals surface area (Å²) in [4.78, 5) is 5.42. The Balaban J connectivity index is 2.32. The Bertz CT molecular complexity index is 834. The maximum absolute atomic E-state index is 9.25. The second-order valence-electron chi connectivity index (χ2n) is 4.38. The van der Waals surface area contributed by atoms with Gasteiger partial charge in [-0.1, -0.05) is 29.8 Å². The highest BCUT2D eigenvalue weighted by Gasteiger charge is 2.20. The summed E-state index contributed by atoms with van der Waals surface area (Å²) in [5, 5.41) is 9.89. The van der Waals surface area contributed by atoms with Crippen LogP contribution in [0.25, 0.3) is 21.6 Å². The van der Waals surface area contributed by atoms with E-state index in [1.165, 1.54) is 11.3 Å². The van der Waals surface area contributed by atoms with Crippen LogP contribution in [0, 0.1) is 11.3 Å². The zero-order valence-electron chi connectivity index (χ0n) is 10.9. The van der Waals surface area contributed by atoms with Gasteiger partial charge in [-0.05, 0) is 23.8 Å². The summed E-state index contributed by atoms with van der Waals surface area (Å²) in [6.07, 6.45) is 3.41. The maximum Gasteiger partial charge on any atom is 0.129 e. The molecule has 0 fully saturated rings. The van der Waals surface area contributed by atoms with Gasteiger partial charge < -0.3 is 5.73 Å². The Morgan fingerprint density at radius 1 is 1.14 bits per heavy atom. The topological polar surface area (TPSA) is 62.7 Å². The fraction of sp³-hybridized carbons (Fsp3) is 0. The Hall–Kier alpha value is -2.35. The Labute approximate surface area is 131 Å². The molecule has 21 heavy (non-hydrogen) atoms. The van der Waals surface area contributed by atoms with Gasteiger partial charge in [0.1, 0.15) is 10.9 Å². The number of pyridine rings is 1. The summed E-state index contributed by atoms with van der Waals surface area (Å²) in [5.74, 6) is 0. The van der Waals surface area contributed by atoms with Crippen molar-refractivity contribution in [3.8, 4) is 27.6 Å². The van der Waals surface area contributed by atoms with Gasteiger partial charge in [0.05, 0.1) is 5.69 Å². The van der Waals surface area contributed by atoms with E-state index in [-0.39, 0.29) is 0 Å². The molecule has 0 unspecified atom stereocenters. The minimum atomic E-state index is 0.489. The monoisotopic (exact) mass is 311 g/mol. The number of nitrogens with two attached hydrogens (primary N) is 1. The highest BCUT2D eigenvalue weighted by Crippen LogP contribution is 2.46. The molecule has 3 nitrogen and oxygen atoms in total. The summed E-state index contributed by atoms with van der Waals surface area (Å²) in [7, 11) is 0. The predicted molar refractivity (Wildman–Crippen MR) is 87.1 cm³/mol. The Kier molecular flexibility index (Phi) is 3.61. The van der Waals surface area contributed by atoms with Crippen LogP contribution < -0.4 is 5.73 Å². The molecule has 2 aromatic heterocycles. The van der Waals surface area contributed by atoms with E-state index in [9.17, 15) is 5.26 Å². The summed E-state index contributed by atoms with van der Waals surface area (Å²) in [6.45, 7) is 0. The first-order chi connectivity index (χ1) is 10.2. The number of rotatable bonds is 2. The fourth-order valence-electron chi connectivity index (χ4n) is 2.17. The number of nitrogens with zero attached hydrogens (tertiary/aromatic N) is 2. The lowest BCUT2D eigenvalue weighted by molar-refractivity contribution is 1.33. The van der Waals surface area contributed by atoms with E-state index in [0.717, 1.165) is 21.6 Å². The molecule has 2 heterocycles. The van der Waals surface area contributed by atoms with Crippen molar-refractivity contribution in [1.82, 2.24) is 4.98 Å². The van der Waals surface area contributed by atoms with E-state index < -0.39 is 0 Å². The van der Waals surface area contributed by atoms with Gasteiger partial charge in [0, 0.05) is 33.4 Å². The molecule has 0 bridgehead atoms. The fourth-order valence-corrected chi connectivity index (χ4v) is 3.53. The third-order valence-electron chi connectivity index (χ3n) is 3.13. The van der Waals surface area contributed by atoms with Crippen LogP contribution in [0.3, 0.4) is 0 Å². The molecule has 0 aliphatic carbocycles. The van der Waals surface area contributed by atoms with Crippen molar-refractivity contribution in [2.24, 2.45) is 0 Å². The second-order valence-corrected chi connectivity index (χ2v) is 5.80. The zero-order chi connectivity index (χ0) is 14.8. The highest BCUT2D eigenvalue weighted by molar-refractivity contribution is 7.17. The minimum Gasteiger partial charge on any atom is -0.396 e. The number of hydrogen-bond acceptors (Lipinski definition) is 4. The SMILES string of the molecule is N#Cc1sc(-c2ccccc2Cl)c(-c2ccncc2)c1N. The largest absolute Gasteiger partial charge is 0.396 e. The lowest BCUT2D eigenvalue weighted by Gasteiger charge is -2.07. The smallest absolute Gasteiger partial charge is 0.129 e. The molecule has 1 aromatic carbocycles. The summed E-state index contributed by atoms with van der Waals surface area (Å²) in [5.41, 5.74) is 9.29. The lowest BCUT2D eigenvalue weighted by Crippen LogP contribution is -1.89. The van der Waals surface area contributed by atoms with E-state index >= 15 is 0 Å². The zero-order valence-corrected chi connectivity index (χ0v) is 12.4. The van der Waals surface area contributed by atoms with Gasteiger partial charge in [0.25, 0.3) is 0 Å². The molecule has 0 spiro atoms. The normalized spacial score (nSPS) is 10.3. The summed E-state index contributed by atoms with van der Waals surface area (Å²) in [6, 6.07) is 13.4. The van der Waals surface area contributed by atoms with Crippen molar-refractivity contribution in [2.45, 2.75) is 0 Å². The number of benzene rings is 1. The van der Waals surface area contributed by atoms with Crippen LogP contribution in [0.15, 0.2) is 48.8 Å². The average Bonchev–Trinajstić information content (AvgIpc) is 2.85. The van der Waals surface area contributed by atoms with Gasteiger partial charge in [-0.2, -0.15) is 5.26 Å². The molecule has 3 aromatic rings. The van der Waals surface area contributed by atoms with Crippen LogP contribution in [-0.4, -0.2) is 4.98 Å². The highest BCUT2D eigenvalue weighted by atomic mass is 35.5. The number of aromatic nitrogens is 1. The van der Waals surface area contributed by atoms with Gasteiger partial charge in [-0.3, -0.25) is 4.98 Å². The van der Waals surface area contributed by atoms with Crippen LogP contribution in [0.2, 0.25) is 5.02 Å². The number of anilines is 1. The third-order valence-corrected chi connectivity index (χ3v) is 4.61. The number of thiophene rings is 1. The Morgan fingerprint density at radius 3 is 2.52 bits per heavy atom. The van der Waals surface area contributed by atoms with Crippen molar-refractivity contribution in [2.75, 3.05) is 5.73 Å². The molecule has 3 rings (SSSR count). The van der Waals surface area contributed by atoms with Gasteiger partial charge in [0.2, 0.25) is 0 Å². The molecule has 102 valence electrons. The van der Waals surface area contributed by atoms with Crippen LogP contribution in [0.1, 0.15) is 4.88 Å². The number of halogens is 1. The molecule has 0 amide bonds. The van der Waals surface area contributed by atoms with Gasteiger partial charge in [-0.25, -0.2) is 0 Å². The minimum absolute atomic E-state index is 0.489. The standard InChI is InChI=1S/C16H10ClN3S/c17-12-4-2-1-3-11(12)16-14(10-5-7-20-8-6-10)15(19)13(9-18)21-16/h1-8H,19H2. The molecular weight excluding hydrogens is 302 g/mol. The van der Waals surface area contributed by atoms with Gasteiger partial charge >= 0.3 is 0 Å². The van der Waals surface area contributed by atoms with Crippen molar-refractivity contribution in [1.29, 1.82) is 5.26 Å². The van der Waals surface area contributed by atoms with E-state index in [2.05, 4.69) is 11.1 Å². The van der Waals surface area contributed by atoms with Gasteiger partial charge in [0.15, 0.2) is 0 Å². The second kappa shape index (κ2) is 5.57. The van der Waals surface area contributed by atoms with Crippen molar-refractivity contribution in [3.05, 3.63) is 58.7 Å². The third kappa shape index (κ3) is 2.38. The molecule has 0 saturated carbocycles. The molecular formula is C16H10ClN3S. The molecule has 0 radical (unpaired) electrons. The van der Waals surface area contributed by atoms with Gasteiger partial charge in [-0.15, -0.1) is 11.3 Å². The quantitative estimate of drug-likeness (QED) is 0.753. The average molecular weight is 312 g/mol. The van der Waals surface area contributed by atoms with E-state index in [4.69, 9.17) is 17.3 Å². The lowest BCUT2D eigenvalue weighted by atomic mass is 10.0. The van der Waals surface area contributed by atoms with E-state index in [1.807, 2.05) is 36.4 Å². The molecule has 2 N–H and O–H groups in total. The van der Waals surface area contributed by atoms with Crippen LogP contribution in [-0.2, 0) is 0 Å². The molecule has 0 aliphatic rings. The first-order valence-electron chi connectivity index (χ1n) is 6.20. The predicted octanol–water partition coefficient (Wildman–Crippen LogP) is 4.58. The molecule has 0 aliphatic heterocycles. The van der Waals surface area contributed by atoms with Crippen molar-refractivity contribution >= 4 is 28.6 Å². The van der Waals surface area contributed by atoms with Crippen LogP contribution in [0.5, 0.6) is 0 Å². The number of nitriles is 1. The molecule has 0 atom stereocenters. The van der Waals surface area contributed by atoms with E-state index in [0.29, 0.717) is 15.6 Å². The first kappa shape index (κ1) is 13.6. The Morgan fingerprint density at radius 2 is 1.86 bits per heavy atom. The number of hydrogen-bond donors (Lipinski definition) is 1. The van der Waals surface area contributed by atoms with Crippen LogP contribution >= 0.6 is 22.9 Å². The van der Waals surface area contributed by atoms with Crippen molar-refractivity contribution < 1.29 is 0 Å². The van der Waals surface area contributed by atoms with Crippen molar-refractivity contribution in [3.63, 3.8) is 0 Å². The van der Waals surface area contributed by atoms with E-state index in [1.54, 1.807) is 12.4 Å². The first-order valence-corrected chi connectivity index (χ1v) is 7.39. The molecule has 5 heteroatoms. The summed E-state index contributed by atoms with van der Waals surface area (Å²) < 4.78 is 0. The number of nitrogen functional groups attached to an aromatic ring is 1. The summed E-state index contributed by atoms with van der Waals surface area (Å²) >= 11 is 7.65. The maximum atomic E-state index is 9.25. The van der Waals surface area contributed by atoms with Crippen LogP contribution in [0.4, 0.5) is 5.69 Å².